The molecule has 2 N–H and O–H groups in total. The summed E-state index contributed by atoms with van der Waals surface area (Å²) < 4.78 is 31.5. The van der Waals surface area contributed by atoms with Crippen molar-refractivity contribution in [1.29, 1.82) is 0 Å². The molecule has 0 spiro atoms. The second kappa shape index (κ2) is 5.17. The number of hydrogen-bond donors (Lipinski definition) is 1. The maximum absolute atomic E-state index is 12.3. The normalized spacial score (nSPS) is 21.9. The van der Waals surface area contributed by atoms with Crippen molar-refractivity contribution >= 4 is 16.0 Å². The van der Waals surface area contributed by atoms with E-state index in [4.69, 9.17) is 10.5 Å². The van der Waals surface area contributed by atoms with Crippen molar-refractivity contribution in [2.24, 2.45) is 0 Å². The molecular formula is C10H16N4O3S. The number of ether oxygens (including phenoxy) is 1. The third-order valence-electron chi connectivity index (χ3n) is 2.84. The van der Waals surface area contributed by atoms with Crippen molar-refractivity contribution in [3.63, 3.8) is 0 Å². The fraction of sp³-hybridized carbons (Fsp3) is 0.600. The minimum Gasteiger partial charge on any atom is -0.375 e. The van der Waals surface area contributed by atoms with Crippen molar-refractivity contribution in [1.82, 2.24) is 14.3 Å². The van der Waals surface area contributed by atoms with Gasteiger partial charge in [0, 0.05) is 13.1 Å². The van der Waals surface area contributed by atoms with Gasteiger partial charge in [-0.25, -0.2) is 18.4 Å². The van der Waals surface area contributed by atoms with Crippen LogP contribution >= 0.6 is 0 Å². The average molecular weight is 272 g/mol. The summed E-state index contributed by atoms with van der Waals surface area (Å²) in [5, 5.41) is 0. The van der Waals surface area contributed by atoms with Crippen molar-refractivity contribution in [3.05, 3.63) is 12.4 Å². The highest BCUT2D eigenvalue weighted by Gasteiger charge is 2.30. The first kappa shape index (κ1) is 13.2. The largest absolute Gasteiger partial charge is 0.375 e. The minimum atomic E-state index is -3.55. The molecule has 1 aliphatic rings. The van der Waals surface area contributed by atoms with Crippen LogP contribution in [-0.4, -0.2) is 48.5 Å². The van der Waals surface area contributed by atoms with Crippen LogP contribution in [0.15, 0.2) is 17.3 Å². The van der Waals surface area contributed by atoms with Gasteiger partial charge in [0.1, 0.15) is 4.90 Å². The number of morpholine rings is 1. The Morgan fingerprint density at radius 2 is 2.17 bits per heavy atom. The van der Waals surface area contributed by atoms with Gasteiger partial charge in [-0.15, -0.1) is 0 Å². The van der Waals surface area contributed by atoms with Gasteiger partial charge in [0.05, 0.1) is 25.1 Å². The summed E-state index contributed by atoms with van der Waals surface area (Å²) in [7, 11) is -3.55. The van der Waals surface area contributed by atoms with E-state index in [1.807, 2.05) is 6.92 Å². The average Bonchev–Trinajstić information content (AvgIpc) is 2.39. The summed E-state index contributed by atoms with van der Waals surface area (Å²) in [6.07, 6.45) is 3.19. The quantitative estimate of drug-likeness (QED) is 0.822. The number of hydrogen-bond acceptors (Lipinski definition) is 6. The van der Waals surface area contributed by atoms with Crippen LogP contribution in [0.25, 0.3) is 0 Å². The zero-order valence-corrected chi connectivity index (χ0v) is 10.9. The Bertz CT molecular complexity index is 502. The monoisotopic (exact) mass is 272 g/mol. The number of sulfonamides is 1. The highest BCUT2D eigenvalue weighted by Crippen LogP contribution is 2.18. The third-order valence-corrected chi connectivity index (χ3v) is 4.66. The first-order valence-electron chi connectivity index (χ1n) is 5.73. The fourth-order valence-electron chi connectivity index (χ4n) is 1.77. The van der Waals surface area contributed by atoms with E-state index in [2.05, 4.69) is 9.97 Å². The summed E-state index contributed by atoms with van der Waals surface area (Å²) in [4.78, 5) is 7.48. The maximum Gasteiger partial charge on any atom is 0.246 e. The van der Waals surface area contributed by atoms with E-state index < -0.39 is 10.0 Å². The molecule has 18 heavy (non-hydrogen) atoms. The van der Waals surface area contributed by atoms with Gasteiger partial charge in [-0.05, 0) is 6.42 Å². The van der Waals surface area contributed by atoms with Gasteiger partial charge >= 0.3 is 0 Å². The van der Waals surface area contributed by atoms with Crippen LogP contribution in [-0.2, 0) is 14.8 Å². The summed E-state index contributed by atoms with van der Waals surface area (Å²) in [6, 6.07) is 0. The van der Waals surface area contributed by atoms with Crippen molar-refractivity contribution in [2.75, 3.05) is 25.4 Å². The first-order valence-corrected chi connectivity index (χ1v) is 7.17. The molecule has 1 aromatic rings. The molecule has 1 saturated heterocycles. The molecule has 1 fully saturated rings. The number of nitrogens with two attached hydrogens (primary N) is 1. The molecule has 0 saturated carbocycles. The maximum atomic E-state index is 12.3. The van der Waals surface area contributed by atoms with E-state index in [1.54, 1.807) is 0 Å². The van der Waals surface area contributed by atoms with Crippen LogP contribution in [0.1, 0.15) is 13.3 Å². The van der Waals surface area contributed by atoms with Crippen LogP contribution in [0.2, 0.25) is 0 Å². The lowest BCUT2D eigenvalue weighted by Crippen LogP contribution is -2.45. The summed E-state index contributed by atoms with van der Waals surface area (Å²) in [6.45, 7) is 3.09. The van der Waals surface area contributed by atoms with E-state index in [-0.39, 0.29) is 16.9 Å². The zero-order valence-electron chi connectivity index (χ0n) is 10.1. The molecule has 2 rings (SSSR count). The minimum absolute atomic E-state index is 0.0526. The molecule has 100 valence electrons. The lowest BCUT2D eigenvalue weighted by atomic mass is 10.2. The molecule has 0 amide bonds. The standard InChI is InChI=1S/C10H16N4O3S/c1-2-8-7-14(3-4-17-8)18(15,16)9-5-12-10(11)13-6-9/h5-6,8H,2-4,7H2,1H3,(H2,11,12,13). The van der Waals surface area contributed by atoms with Crippen molar-refractivity contribution in [2.45, 2.75) is 24.3 Å². The topological polar surface area (TPSA) is 98.4 Å². The number of nitrogen functional groups attached to an aromatic ring is 1. The molecule has 2 heterocycles. The predicted molar refractivity (Wildman–Crippen MR) is 65.2 cm³/mol. The molecule has 0 radical (unpaired) electrons. The second-order valence-corrected chi connectivity index (χ2v) is 5.98. The van der Waals surface area contributed by atoms with Gasteiger partial charge in [0.15, 0.2) is 0 Å². The van der Waals surface area contributed by atoms with Crippen LogP contribution in [0, 0.1) is 0 Å². The first-order chi connectivity index (χ1) is 8.54. The Morgan fingerprint density at radius 3 is 2.78 bits per heavy atom. The molecule has 0 bridgehead atoms. The number of aromatic nitrogens is 2. The lowest BCUT2D eigenvalue weighted by Gasteiger charge is -2.31. The third kappa shape index (κ3) is 2.60. The molecular weight excluding hydrogens is 256 g/mol. The van der Waals surface area contributed by atoms with Gasteiger partial charge in [-0.3, -0.25) is 0 Å². The SMILES string of the molecule is CCC1CN(S(=O)(=O)c2cnc(N)nc2)CCO1. The second-order valence-electron chi connectivity index (χ2n) is 4.04. The van der Waals surface area contributed by atoms with Gasteiger partial charge in [0.25, 0.3) is 0 Å². The molecule has 1 atom stereocenters. The van der Waals surface area contributed by atoms with E-state index >= 15 is 0 Å². The van der Waals surface area contributed by atoms with Gasteiger partial charge in [-0.1, -0.05) is 6.92 Å². The molecule has 1 aromatic heterocycles. The Balaban J connectivity index is 2.22. The van der Waals surface area contributed by atoms with Crippen LogP contribution in [0.3, 0.4) is 0 Å². The van der Waals surface area contributed by atoms with Crippen LogP contribution in [0.5, 0.6) is 0 Å². The zero-order chi connectivity index (χ0) is 13.2. The Labute approximate surface area is 106 Å². The molecule has 1 aliphatic heterocycles. The summed E-state index contributed by atoms with van der Waals surface area (Å²) in [5.41, 5.74) is 5.34. The van der Waals surface area contributed by atoms with Gasteiger partial charge < -0.3 is 10.5 Å². The van der Waals surface area contributed by atoms with Crippen LogP contribution < -0.4 is 5.73 Å². The number of anilines is 1. The highest BCUT2D eigenvalue weighted by molar-refractivity contribution is 7.89. The molecule has 1 unspecified atom stereocenters. The van der Waals surface area contributed by atoms with E-state index in [0.717, 1.165) is 6.42 Å². The number of rotatable bonds is 3. The van der Waals surface area contributed by atoms with Crippen molar-refractivity contribution < 1.29 is 13.2 Å². The summed E-state index contributed by atoms with van der Waals surface area (Å²) >= 11 is 0. The smallest absolute Gasteiger partial charge is 0.246 e. The Hall–Kier alpha value is -1.25. The Morgan fingerprint density at radius 1 is 1.50 bits per heavy atom. The Kier molecular flexibility index (Phi) is 3.79. The highest BCUT2D eigenvalue weighted by atomic mass is 32.2. The number of nitrogens with zero attached hydrogens (tertiary/aromatic N) is 3. The van der Waals surface area contributed by atoms with Gasteiger partial charge in [0.2, 0.25) is 16.0 Å². The van der Waals surface area contributed by atoms with E-state index in [9.17, 15) is 8.42 Å². The molecule has 7 nitrogen and oxygen atoms in total. The van der Waals surface area contributed by atoms with Crippen LogP contribution in [0.4, 0.5) is 5.95 Å². The fourth-order valence-corrected chi connectivity index (χ4v) is 3.11. The summed E-state index contributed by atoms with van der Waals surface area (Å²) in [5.74, 6) is 0.0577. The lowest BCUT2D eigenvalue weighted by molar-refractivity contribution is -0.00278. The van der Waals surface area contributed by atoms with E-state index in [1.165, 1.54) is 16.7 Å². The van der Waals surface area contributed by atoms with Gasteiger partial charge in [-0.2, -0.15) is 4.31 Å². The predicted octanol–water partition coefficient (Wildman–Crippen LogP) is -0.142. The molecule has 0 aliphatic carbocycles. The van der Waals surface area contributed by atoms with E-state index in [0.29, 0.717) is 19.7 Å². The molecule has 8 heteroatoms. The molecule has 0 aromatic carbocycles. The van der Waals surface area contributed by atoms with Crippen molar-refractivity contribution in [3.8, 4) is 0 Å².